The predicted octanol–water partition coefficient (Wildman–Crippen LogP) is 1.34. The van der Waals surface area contributed by atoms with E-state index in [1.165, 1.54) is 0 Å². The van der Waals surface area contributed by atoms with Gasteiger partial charge in [-0.1, -0.05) is 19.1 Å². The van der Waals surface area contributed by atoms with Crippen LogP contribution in [0.1, 0.15) is 19.8 Å². The molecular formula is C8H14N2. The number of allylic oxidation sites excluding steroid dienone is 1. The van der Waals surface area contributed by atoms with Crippen LogP contribution in [-0.4, -0.2) is 18.9 Å². The molecule has 0 aromatic carbocycles. The monoisotopic (exact) mass is 138 g/mol. The van der Waals surface area contributed by atoms with Crippen LogP contribution in [0.4, 0.5) is 0 Å². The van der Waals surface area contributed by atoms with Crippen molar-refractivity contribution in [2.24, 2.45) is 4.99 Å². The van der Waals surface area contributed by atoms with Crippen molar-refractivity contribution in [3.8, 4) is 0 Å². The molecule has 0 saturated carbocycles. The second kappa shape index (κ2) is 4.09. The molecule has 0 atom stereocenters. The van der Waals surface area contributed by atoms with Crippen molar-refractivity contribution in [2.75, 3.05) is 13.1 Å². The molecule has 0 fully saturated rings. The molecule has 0 aromatic heterocycles. The SMILES string of the molecule is CCC=CCC1=NCCN1. The summed E-state index contributed by atoms with van der Waals surface area (Å²) in [5.41, 5.74) is 0. The predicted molar refractivity (Wildman–Crippen MR) is 44.4 cm³/mol. The summed E-state index contributed by atoms with van der Waals surface area (Å²) in [6.07, 6.45) is 6.43. The van der Waals surface area contributed by atoms with Gasteiger partial charge in [0.05, 0.1) is 6.54 Å². The van der Waals surface area contributed by atoms with Gasteiger partial charge >= 0.3 is 0 Å². The largest absolute Gasteiger partial charge is 0.372 e. The molecule has 0 unspecified atom stereocenters. The van der Waals surface area contributed by atoms with Gasteiger partial charge in [-0.2, -0.15) is 0 Å². The highest BCUT2D eigenvalue weighted by molar-refractivity contribution is 5.84. The van der Waals surface area contributed by atoms with Gasteiger partial charge < -0.3 is 5.32 Å². The highest BCUT2D eigenvalue weighted by Gasteiger charge is 2.00. The number of hydrogen-bond acceptors (Lipinski definition) is 2. The smallest absolute Gasteiger partial charge is 0.100 e. The summed E-state index contributed by atoms with van der Waals surface area (Å²) < 4.78 is 0. The van der Waals surface area contributed by atoms with E-state index in [2.05, 4.69) is 29.4 Å². The summed E-state index contributed by atoms with van der Waals surface area (Å²) in [6.45, 7) is 4.12. The zero-order chi connectivity index (χ0) is 7.23. The van der Waals surface area contributed by atoms with Gasteiger partial charge in [-0.15, -0.1) is 0 Å². The quantitative estimate of drug-likeness (QED) is 0.585. The van der Waals surface area contributed by atoms with Crippen molar-refractivity contribution < 1.29 is 0 Å². The number of amidine groups is 1. The Balaban J connectivity index is 2.18. The first-order valence-corrected chi connectivity index (χ1v) is 3.85. The molecule has 10 heavy (non-hydrogen) atoms. The molecule has 56 valence electrons. The van der Waals surface area contributed by atoms with E-state index in [1.54, 1.807) is 0 Å². The average molecular weight is 138 g/mol. The van der Waals surface area contributed by atoms with Crippen molar-refractivity contribution in [1.29, 1.82) is 0 Å². The van der Waals surface area contributed by atoms with Crippen molar-refractivity contribution in [3.05, 3.63) is 12.2 Å². The zero-order valence-corrected chi connectivity index (χ0v) is 6.43. The summed E-state index contributed by atoms with van der Waals surface area (Å²) >= 11 is 0. The van der Waals surface area contributed by atoms with E-state index >= 15 is 0 Å². The third kappa shape index (κ3) is 2.21. The second-order valence-corrected chi connectivity index (χ2v) is 2.34. The lowest BCUT2D eigenvalue weighted by molar-refractivity contribution is 0.955. The molecule has 0 bridgehead atoms. The lowest BCUT2D eigenvalue weighted by Crippen LogP contribution is -2.17. The standard InChI is InChI=1S/C8H14N2/c1-2-3-4-5-8-9-6-7-10-8/h3-4H,2,5-7H2,1H3,(H,9,10). The maximum absolute atomic E-state index is 4.26. The van der Waals surface area contributed by atoms with E-state index < -0.39 is 0 Å². The third-order valence-corrected chi connectivity index (χ3v) is 1.46. The summed E-state index contributed by atoms with van der Waals surface area (Å²) in [5, 5.41) is 3.21. The Bertz CT molecular complexity index is 147. The van der Waals surface area contributed by atoms with Crippen molar-refractivity contribution >= 4 is 5.84 Å². The fraction of sp³-hybridized carbons (Fsp3) is 0.625. The van der Waals surface area contributed by atoms with Gasteiger partial charge in [0.1, 0.15) is 5.84 Å². The van der Waals surface area contributed by atoms with E-state index in [-0.39, 0.29) is 0 Å². The molecule has 2 nitrogen and oxygen atoms in total. The van der Waals surface area contributed by atoms with Crippen molar-refractivity contribution in [3.63, 3.8) is 0 Å². The van der Waals surface area contributed by atoms with Crippen LogP contribution in [0.25, 0.3) is 0 Å². The maximum Gasteiger partial charge on any atom is 0.100 e. The number of aliphatic imine (C=N–C) groups is 1. The van der Waals surface area contributed by atoms with Gasteiger partial charge in [-0.25, -0.2) is 0 Å². The minimum atomic E-state index is 0.954. The number of nitrogens with one attached hydrogen (secondary N) is 1. The van der Waals surface area contributed by atoms with Crippen LogP contribution in [0, 0.1) is 0 Å². The van der Waals surface area contributed by atoms with E-state index in [0.29, 0.717) is 0 Å². The Morgan fingerprint density at radius 2 is 2.50 bits per heavy atom. The van der Waals surface area contributed by atoms with Gasteiger partial charge in [0.25, 0.3) is 0 Å². The first kappa shape index (κ1) is 7.32. The molecule has 0 spiro atoms. The molecule has 1 N–H and O–H groups in total. The Kier molecular flexibility index (Phi) is 3.00. The molecule has 0 saturated heterocycles. The van der Waals surface area contributed by atoms with Crippen molar-refractivity contribution in [2.45, 2.75) is 19.8 Å². The summed E-state index contributed by atoms with van der Waals surface area (Å²) in [7, 11) is 0. The first-order chi connectivity index (χ1) is 4.93. The minimum Gasteiger partial charge on any atom is -0.372 e. The lowest BCUT2D eigenvalue weighted by Gasteiger charge is -1.94. The normalized spacial score (nSPS) is 17.5. The molecule has 1 rings (SSSR count). The molecule has 1 aliphatic heterocycles. The first-order valence-electron chi connectivity index (χ1n) is 3.85. The summed E-state index contributed by atoms with van der Waals surface area (Å²) in [6, 6.07) is 0. The highest BCUT2D eigenvalue weighted by Crippen LogP contribution is 1.92. The minimum absolute atomic E-state index is 0.954. The topological polar surface area (TPSA) is 24.4 Å². The molecule has 0 aromatic rings. The number of hydrogen-bond donors (Lipinski definition) is 1. The van der Waals surface area contributed by atoms with Crippen LogP contribution >= 0.6 is 0 Å². The Morgan fingerprint density at radius 1 is 1.60 bits per heavy atom. The van der Waals surface area contributed by atoms with E-state index in [1.807, 2.05) is 0 Å². The fourth-order valence-electron chi connectivity index (χ4n) is 0.945. The molecule has 0 aliphatic carbocycles. The van der Waals surface area contributed by atoms with Crippen LogP contribution < -0.4 is 5.32 Å². The highest BCUT2D eigenvalue weighted by atomic mass is 15.1. The van der Waals surface area contributed by atoms with Gasteiger partial charge in [-0.05, 0) is 6.42 Å². The number of rotatable bonds is 3. The van der Waals surface area contributed by atoms with Gasteiger partial charge in [-0.3, -0.25) is 4.99 Å². The van der Waals surface area contributed by atoms with Crippen LogP contribution in [0.2, 0.25) is 0 Å². The van der Waals surface area contributed by atoms with E-state index in [9.17, 15) is 0 Å². The summed E-state index contributed by atoms with van der Waals surface area (Å²) in [5.74, 6) is 1.14. The lowest BCUT2D eigenvalue weighted by atomic mass is 10.3. The molecule has 0 amide bonds. The van der Waals surface area contributed by atoms with Gasteiger partial charge in [0.15, 0.2) is 0 Å². The zero-order valence-electron chi connectivity index (χ0n) is 6.43. The van der Waals surface area contributed by atoms with Crippen LogP contribution in [-0.2, 0) is 0 Å². The van der Waals surface area contributed by atoms with Gasteiger partial charge in [0, 0.05) is 13.0 Å². The van der Waals surface area contributed by atoms with Gasteiger partial charge in [0.2, 0.25) is 0 Å². The second-order valence-electron chi connectivity index (χ2n) is 2.34. The Labute approximate surface area is 62.0 Å². The molecule has 1 aliphatic rings. The Morgan fingerprint density at radius 3 is 3.10 bits per heavy atom. The Hall–Kier alpha value is -0.790. The van der Waals surface area contributed by atoms with Crippen LogP contribution in [0.5, 0.6) is 0 Å². The third-order valence-electron chi connectivity index (χ3n) is 1.46. The average Bonchev–Trinajstić information content (AvgIpc) is 2.41. The van der Waals surface area contributed by atoms with Crippen molar-refractivity contribution in [1.82, 2.24) is 5.32 Å². The number of nitrogens with zero attached hydrogens (tertiary/aromatic N) is 1. The van der Waals surface area contributed by atoms with E-state index in [0.717, 1.165) is 31.8 Å². The van der Waals surface area contributed by atoms with E-state index in [4.69, 9.17) is 0 Å². The van der Waals surface area contributed by atoms with Crippen LogP contribution in [0.3, 0.4) is 0 Å². The molecule has 2 heteroatoms. The fourth-order valence-corrected chi connectivity index (χ4v) is 0.945. The summed E-state index contributed by atoms with van der Waals surface area (Å²) in [4.78, 5) is 4.26. The molecule has 0 radical (unpaired) electrons. The molecule has 1 heterocycles. The maximum atomic E-state index is 4.26. The van der Waals surface area contributed by atoms with Crippen LogP contribution in [0.15, 0.2) is 17.1 Å². The molecular weight excluding hydrogens is 124 g/mol.